The number of fused-ring (bicyclic) bond motifs is 2. The van der Waals surface area contributed by atoms with Crippen molar-refractivity contribution in [2.24, 2.45) is 0 Å². The van der Waals surface area contributed by atoms with Gasteiger partial charge in [-0.05, 0) is 61.4 Å². The van der Waals surface area contributed by atoms with Crippen LogP contribution in [-0.4, -0.2) is 128 Å². The Morgan fingerprint density at radius 1 is 0.692 bits per heavy atom. The number of amides is 4. The van der Waals surface area contributed by atoms with Crippen molar-refractivity contribution < 1.29 is 48.9 Å². The SMILES string of the molecule is Nc1nc2c(c(=O)[nH]1)N(C=O)C(CNc1ccc(C(=O)NC(CCC(=O)N3c4c(nc(N)[nH]c4=O)NCC3CNc3ccc(C(=O)NC(CCC(=O)O)C(=O)O)cc3)C(=O)O)cc1)CN2. The molecule has 2 aliphatic rings. The van der Waals surface area contributed by atoms with Gasteiger partial charge in [0.05, 0.1) is 12.1 Å². The van der Waals surface area contributed by atoms with Crippen molar-refractivity contribution in [3.63, 3.8) is 0 Å². The highest BCUT2D eigenvalue weighted by atomic mass is 16.4. The van der Waals surface area contributed by atoms with E-state index in [0.29, 0.717) is 17.8 Å². The van der Waals surface area contributed by atoms with Crippen LogP contribution in [0, 0.1) is 0 Å². The van der Waals surface area contributed by atoms with Gasteiger partial charge in [-0.3, -0.25) is 48.4 Å². The molecule has 0 bridgehead atoms. The maximum absolute atomic E-state index is 14.0. The van der Waals surface area contributed by atoms with Gasteiger partial charge in [0.25, 0.3) is 22.9 Å². The van der Waals surface area contributed by atoms with Gasteiger partial charge in [0.2, 0.25) is 24.2 Å². The molecule has 0 spiro atoms. The predicted molar refractivity (Wildman–Crippen MR) is 233 cm³/mol. The Bertz CT molecular complexity index is 2600. The number of nitrogen functional groups attached to an aromatic ring is 2. The zero-order chi connectivity index (χ0) is 46.9. The van der Waals surface area contributed by atoms with Crippen LogP contribution in [0.15, 0.2) is 58.1 Å². The van der Waals surface area contributed by atoms with Gasteiger partial charge in [0.15, 0.2) is 23.0 Å². The number of carboxylic acid groups (broad SMARTS) is 3. The topological polar surface area (TPSA) is 402 Å². The number of aromatic nitrogens is 4. The van der Waals surface area contributed by atoms with Crippen LogP contribution in [0.5, 0.6) is 0 Å². The Morgan fingerprint density at radius 3 is 1.62 bits per heavy atom. The summed E-state index contributed by atoms with van der Waals surface area (Å²) in [6.07, 6.45) is -1.10. The average Bonchev–Trinajstić information content (AvgIpc) is 3.27. The molecule has 2 aliphatic heterocycles. The van der Waals surface area contributed by atoms with E-state index in [9.17, 15) is 53.4 Å². The van der Waals surface area contributed by atoms with Crippen molar-refractivity contribution in [3.05, 3.63) is 80.4 Å². The van der Waals surface area contributed by atoms with Gasteiger partial charge in [-0.15, -0.1) is 0 Å². The van der Waals surface area contributed by atoms with Gasteiger partial charge >= 0.3 is 17.9 Å². The van der Waals surface area contributed by atoms with E-state index in [1.54, 1.807) is 12.1 Å². The van der Waals surface area contributed by atoms with E-state index >= 15 is 0 Å². The number of carboxylic acids is 3. The summed E-state index contributed by atoms with van der Waals surface area (Å²) in [5.74, 6) is -6.36. The molecule has 2 aromatic heterocycles. The molecular weight excluding hydrogens is 857 g/mol. The first-order valence-electron chi connectivity index (χ1n) is 19.8. The fraction of sp³-hybridized carbons (Fsp3) is 0.308. The van der Waals surface area contributed by atoms with Crippen molar-refractivity contribution in [2.45, 2.75) is 49.9 Å². The number of H-pyrrole nitrogens is 2. The van der Waals surface area contributed by atoms with Crippen molar-refractivity contribution in [2.75, 3.05) is 68.7 Å². The molecule has 342 valence electrons. The zero-order valence-corrected chi connectivity index (χ0v) is 34.1. The standard InChI is InChI=1S/C39H44N14O12/c40-38-48-30-28(34(60)50-38)52(17-54)22(14-44-30)13-42-20-5-1-18(2-6-20)32(58)46-24(36(62)63)9-11-26(55)53-23(16-45-31-29(53)35(61)51-39(41)49-31)15-43-21-7-3-19(4-8-21)33(59)47-25(37(64)65)10-12-27(56)57/h1-8,17,22-25,42-43H,9-16H2,(H,46,58)(H,47,59)(H,56,57)(H,62,63)(H,64,65)(H4,40,44,48,50,60)(H4,41,45,49,51,61). The van der Waals surface area contributed by atoms with E-state index in [1.165, 1.54) is 46.2 Å². The third kappa shape index (κ3) is 11.0. The molecule has 15 N–H and O–H groups in total. The number of nitrogens with one attached hydrogen (secondary N) is 8. The number of hydrogen-bond donors (Lipinski definition) is 13. The van der Waals surface area contributed by atoms with Gasteiger partial charge in [0.1, 0.15) is 12.1 Å². The maximum Gasteiger partial charge on any atom is 0.326 e. The highest BCUT2D eigenvalue weighted by molar-refractivity contribution is 6.00. The van der Waals surface area contributed by atoms with Gasteiger partial charge in [-0.1, -0.05) is 0 Å². The second-order valence-electron chi connectivity index (χ2n) is 14.8. The quantitative estimate of drug-likeness (QED) is 0.0493. The lowest BCUT2D eigenvalue weighted by molar-refractivity contribution is -0.141. The minimum Gasteiger partial charge on any atom is -0.481 e. The number of aromatic amines is 2. The monoisotopic (exact) mass is 900 g/mol. The summed E-state index contributed by atoms with van der Waals surface area (Å²) in [5.41, 5.74) is 11.0. The Labute approximate surface area is 366 Å². The first kappa shape index (κ1) is 45.8. The highest BCUT2D eigenvalue weighted by Crippen LogP contribution is 2.29. The van der Waals surface area contributed by atoms with Crippen LogP contribution >= 0.6 is 0 Å². The molecule has 4 amide bonds. The van der Waals surface area contributed by atoms with E-state index < -0.39 is 83.8 Å². The van der Waals surface area contributed by atoms with E-state index in [-0.39, 0.29) is 85.1 Å². The molecule has 0 saturated heterocycles. The molecule has 6 rings (SSSR count). The summed E-state index contributed by atoms with van der Waals surface area (Å²) in [7, 11) is 0. The number of aliphatic carboxylic acids is 3. The summed E-state index contributed by atoms with van der Waals surface area (Å²) in [5, 5.41) is 45.2. The van der Waals surface area contributed by atoms with E-state index in [1.807, 2.05) is 0 Å². The Morgan fingerprint density at radius 2 is 1.14 bits per heavy atom. The number of nitrogens with zero attached hydrogens (tertiary/aromatic N) is 4. The number of nitrogens with two attached hydrogens (primary N) is 2. The van der Waals surface area contributed by atoms with Crippen LogP contribution in [0.25, 0.3) is 0 Å². The lowest BCUT2D eigenvalue weighted by atomic mass is 10.1. The van der Waals surface area contributed by atoms with Gasteiger partial charge in [0, 0.05) is 61.5 Å². The fourth-order valence-corrected chi connectivity index (χ4v) is 7.07. The number of hydrogen-bond acceptors (Lipinski definition) is 17. The normalized spacial score (nSPS) is 15.9. The molecule has 4 aromatic rings. The average molecular weight is 901 g/mol. The Hall–Kier alpha value is -8.71. The van der Waals surface area contributed by atoms with Crippen LogP contribution < -0.4 is 64.3 Å². The number of anilines is 8. The third-order valence-electron chi connectivity index (χ3n) is 10.4. The number of rotatable bonds is 19. The molecule has 4 atom stereocenters. The lowest BCUT2D eigenvalue weighted by Crippen LogP contribution is -2.53. The molecule has 0 aliphatic carbocycles. The van der Waals surface area contributed by atoms with Crippen LogP contribution in [0.4, 0.5) is 46.3 Å². The molecule has 0 fully saturated rings. The summed E-state index contributed by atoms with van der Waals surface area (Å²) in [6.45, 7) is 0.506. The first-order valence-corrected chi connectivity index (χ1v) is 19.8. The van der Waals surface area contributed by atoms with Crippen LogP contribution in [-0.2, 0) is 24.0 Å². The molecule has 4 heterocycles. The maximum atomic E-state index is 14.0. The number of carbonyl (C=O) groups is 7. The van der Waals surface area contributed by atoms with Gasteiger partial charge in [-0.2, -0.15) is 9.97 Å². The van der Waals surface area contributed by atoms with Gasteiger partial charge in [-0.25, -0.2) is 9.59 Å². The van der Waals surface area contributed by atoms with Crippen LogP contribution in [0.3, 0.4) is 0 Å². The molecule has 65 heavy (non-hydrogen) atoms. The summed E-state index contributed by atoms with van der Waals surface area (Å²) < 4.78 is 0. The molecule has 26 heteroatoms. The third-order valence-corrected chi connectivity index (χ3v) is 10.4. The van der Waals surface area contributed by atoms with Gasteiger partial charge < -0.3 is 63.6 Å². The van der Waals surface area contributed by atoms with Crippen molar-refractivity contribution in [1.29, 1.82) is 0 Å². The predicted octanol–water partition coefficient (Wildman–Crippen LogP) is -1.16. The Balaban J connectivity index is 1.07. The lowest BCUT2D eigenvalue weighted by Gasteiger charge is -2.37. The van der Waals surface area contributed by atoms with Crippen LogP contribution in [0.1, 0.15) is 46.4 Å². The fourth-order valence-electron chi connectivity index (χ4n) is 7.07. The van der Waals surface area contributed by atoms with E-state index in [2.05, 4.69) is 51.8 Å². The van der Waals surface area contributed by atoms with Crippen molar-refractivity contribution in [1.82, 2.24) is 30.6 Å². The smallest absolute Gasteiger partial charge is 0.326 e. The van der Waals surface area contributed by atoms with Crippen molar-refractivity contribution >= 4 is 88.3 Å². The molecule has 2 aromatic carbocycles. The summed E-state index contributed by atoms with van der Waals surface area (Å²) in [6, 6.07) is 7.56. The number of benzene rings is 2. The molecule has 0 saturated carbocycles. The zero-order valence-electron chi connectivity index (χ0n) is 34.1. The molecular formula is C39H44N14O12. The molecule has 0 radical (unpaired) electrons. The van der Waals surface area contributed by atoms with Crippen molar-refractivity contribution in [3.8, 4) is 0 Å². The van der Waals surface area contributed by atoms with Crippen LogP contribution in [0.2, 0.25) is 0 Å². The number of carbonyl (C=O) groups excluding carboxylic acids is 4. The van der Waals surface area contributed by atoms with E-state index in [0.717, 1.165) is 0 Å². The molecule has 26 nitrogen and oxygen atoms in total. The summed E-state index contributed by atoms with van der Waals surface area (Å²) in [4.78, 5) is 127. The minimum absolute atomic E-state index is 0.00946. The largest absolute Gasteiger partial charge is 0.481 e. The summed E-state index contributed by atoms with van der Waals surface area (Å²) >= 11 is 0. The first-order chi connectivity index (χ1) is 31.0. The molecule has 4 unspecified atom stereocenters. The minimum atomic E-state index is -1.53. The second-order valence-corrected chi connectivity index (χ2v) is 14.8. The second kappa shape index (κ2) is 20.0. The Kier molecular flexibility index (Phi) is 14.1. The van der Waals surface area contributed by atoms with E-state index in [4.69, 9.17) is 16.6 Å². The highest BCUT2D eigenvalue weighted by Gasteiger charge is 2.36.